The van der Waals surface area contributed by atoms with Crippen molar-refractivity contribution in [2.45, 2.75) is 0 Å². The highest BCUT2D eigenvalue weighted by atomic mass is 16.4. The molecule has 0 aliphatic heterocycles. The number of carbonyl (C=O) groups is 1. The van der Waals surface area contributed by atoms with Crippen LogP contribution in [0.5, 0.6) is 0 Å². The number of aromatic carboxylic acids is 1. The monoisotopic (exact) mass is 203 g/mol. The zero-order chi connectivity index (χ0) is 10.7. The van der Waals surface area contributed by atoms with Gasteiger partial charge < -0.3 is 5.11 Å². The lowest BCUT2D eigenvalue weighted by molar-refractivity contribution is 0.0697. The van der Waals surface area contributed by atoms with Gasteiger partial charge in [0.2, 0.25) is 0 Å². The molecule has 0 saturated heterocycles. The summed E-state index contributed by atoms with van der Waals surface area (Å²) in [4.78, 5) is 11.9. The Balaban J connectivity index is 2.15. The van der Waals surface area contributed by atoms with Crippen LogP contribution < -0.4 is 5.43 Å². The highest BCUT2D eigenvalue weighted by Gasteiger charge is 2.05. The normalized spacial score (nSPS) is 9.87. The van der Waals surface area contributed by atoms with E-state index < -0.39 is 5.97 Å². The average Bonchev–Trinajstić information content (AvgIpc) is 2.68. The van der Waals surface area contributed by atoms with Crippen molar-refractivity contribution < 1.29 is 9.90 Å². The Bertz CT molecular complexity index is 465. The Hall–Kier alpha value is -2.30. The molecule has 5 heteroatoms. The topological polar surface area (TPSA) is 67.1 Å². The van der Waals surface area contributed by atoms with Crippen molar-refractivity contribution in [3.8, 4) is 0 Å². The van der Waals surface area contributed by atoms with Crippen molar-refractivity contribution in [2.24, 2.45) is 0 Å². The Morgan fingerprint density at radius 3 is 2.67 bits per heavy atom. The van der Waals surface area contributed by atoms with Gasteiger partial charge in [-0.25, -0.2) is 4.79 Å². The van der Waals surface area contributed by atoms with Crippen molar-refractivity contribution in [3.63, 3.8) is 0 Å². The molecule has 0 bridgehead atoms. The zero-order valence-corrected chi connectivity index (χ0v) is 7.79. The summed E-state index contributed by atoms with van der Waals surface area (Å²) in [6, 6.07) is 9.38. The molecule has 0 amide bonds. The van der Waals surface area contributed by atoms with E-state index in [1.165, 1.54) is 17.2 Å². The summed E-state index contributed by atoms with van der Waals surface area (Å²) >= 11 is 0. The molecule has 0 spiro atoms. The van der Waals surface area contributed by atoms with E-state index >= 15 is 0 Å². The van der Waals surface area contributed by atoms with E-state index in [1.807, 2.05) is 30.3 Å². The second kappa shape index (κ2) is 3.83. The molecule has 2 N–H and O–H groups in total. The molecule has 0 atom stereocenters. The lowest BCUT2D eigenvalue weighted by Crippen LogP contribution is -2.09. The maximum atomic E-state index is 10.6. The van der Waals surface area contributed by atoms with Gasteiger partial charge in [-0.15, -0.1) is 0 Å². The lowest BCUT2D eigenvalue weighted by Gasteiger charge is -2.04. The van der Waals surface area contributed by atoms with Gasteiger partial charge in [-0.3, -0.25) is 5.43 Å². The highest BCUT2D eigenvalue weighted by molar-refractivity contribution is 5.86. The Labute approximate surface area is 85.9 Å². The summed E-state index contributed by atoms with van der Waals surface area (Å²) in [6.45, 7) is 0. The quantitative estimate of drug-likeness (QED) is 0.792. The van der Waals surface area contributed by atoms with E-state index in [0.717, 1.165) is 5.69 Å². The molecule has 0 unspecified atom stereocenters. The molecule has 0 saturated carbocycles. The molecule has 0 aliphatic rings. The molecule has 1 aromatic heterocycles. The highest BCUT2D eigenvalue weighted by Crippen LogP contribution is 2.05. The summed E-state index contributed by atoms with van der Waals surface area (Å²) in [7, 11) is 0. The zero-order valence-electron chi connectivity index (χ0n) is 7.79. The van der Waals surface area contributed by atoms with Crippen LogP contribution in [0.25, 0.3) is 0 Å². The first-order chi connectivity index (χ1) is 7.25. The van der Waals surface area contributed by atoms with Crippen LogP contribution in [0.1, 0.15) is 10.4 Å². The van der Waals surface area contributed by atoms with Crippen LogP contribution >= 0.6 is 0 Å². The molecule has 0 fully saturated rings. The molecule has 1 aromatic carbocycles. The third-order valence-corrected chi connectivity index (χ3v) is 1.85. The standard InChI is InChI=1S/C10H9N3O2/c14-10(15)8-6-11-13(7-8)12-9-4-2-1-3-5-9/h1-7,12H,(H,14,15). The van der Waals surface area contributed by atoms with Crippen LogP contribution in [0.2, 0.25) is 0 Å². The fourth-order valence-electron chi connectivity index (χ4n) is 1.14. The fourth-order valence-corrected chi connectivity index (χ4v) is 1.14. The van der Waals surface area contributed by atoms with Crippen molar-refractivity contribution >= 4 is 11.7 Å². The molecule has 1 heterocycles. The van der Waals surface area contributed by atoms with Gasteiger partial charge in [0.15, 0.2) is 0 Å². The molecule has 76 valence electrons. The van der Waals surface area contributed by atoms with E-state index in [0.29, 0.717) is 0 Å². The van der Waals surface area contributed by atoms with Gasteiger partial charge in [0, 0.05) is 0 Å². The minimum Gasteiger partial charge on any atom is -0.478 e. The van der Waals surface area contributed by atoms with Crippen LogP contribution in [0.4, 0.5) is 5.69 Å². The predicted molar refractivity (Wildman–Crippen MR) is 54.6 cm³/mol. The van der Waals surface area contributed by atoms with Crippen LogP contribution in [-0.2, 0) is 0 Å². The predicted octanol–water partition coefficient (Wildman–Crippen LogP) is 1.46. The summed E-state index contributed by atoms with van der Waals surface area (Å²) in [6.07, 6.45) is 2.70. The molecule has 0 aliphatic carbocycles. The van der Waals surface area contributed by atoms with E-state index in [1.54, 1.807) is 0 Å². The number of hydrogen-bond donors (Lipinski definition) is 2. The first-order valence-electron chi connectivity index (χ1n) is 4.36. The van der Waals surface area contributed by atoms with E-state index in [2.05, 4.69) is 10.5 Å². The van der Waals surface area contributed by atoms with Crippen molar-refractivity contribution in [2.75, 3.05) is 5.43 Å². The average molecular weight is 203 g/mol. The smallest absolute Gasteiger partial charge is 0.338 e. The Morgan fingerprint density at radius 2 is 2.07 bits per heavy atom. The van der Waals surface area contributed by atoms with Crippen LogP contribution in [-0.4, -0.2) is 21.0 Å². The van der Waals surface area contributed by atoms with Gasteiger partial charge >= 0.3 is 5.97 Å². The minimum atomic E-state index is -0.990. The fraction of sp³-hybridized carbons (Fsp3) is 0. The summed E-state index contributed by atoms with van der Waals surface area (Å²) in [5.74, 6) is -0.990. The number of anilines is 1. The summed E-state index contributed by atoms with van der Waals surface area (Å²) in [5.41, 5.74) is 3.92. The second-order valence-electron chi connectivity index (χ2n) is 2.96. The first-order valence-corrected chi connectivity index (χ1v) is 4.36. The molecule has 15 heavy (non-hydrogen) atoms. The number of nitrogens with zero attached hydrogens (tertiary/aromatic N) is 2. The molecular formula is C10H9N3O2. The Kier molecular flexibility index (Phi) is 2.37. The number of rotatable bonds is 3. The van der Waals surface area contributed by atoms with Crippen LogP contribution in [0.3, 0.4) is 0 Å². The van der Waals surface area contributed by atoms with Crippen LogP contribution in [0, 0.1) is 0 Å². The van der Waals surface area contributed by atoms with Gasteiger partial charge in [0.1, 0.15) is 0 Å². The SMILES string of the molecule is O=C(O)c1cnn(Nc2ccccc2)c1. The second-order valence-corrected chi connectivity index (χ2v) is 2.96. The van der Waals surface area contributed by atoms with Gasteiger partial charge in [-0.1, -0.05) is 18.2 Å². The maximum absolute atomic E-state index is 10.6. The minimum absolute atomic E-state index is 0.151. The number of aromatic nitrogens is 2. The van der Waals surface area contributed by atoms with Gasteiger partial charge in [-0.05, 0) is 12.1 Å². The van der Waals surface area contributed by atoms with Crippen LogP contribution in [0.15, 0.2) is 42.7 Å². The maximum Gasteiger partial charge on any atom is 0.338 e. The van der Waals surface area contributed by atoms with Gasteiger partial charge in [0.25, 0.3) is 0 Å². The number of nitrogens with one attached hydrogen (secondary N) is 1. The van der Waals surface area contributed by atoms with E-state index in [4.69, 9.17) is 5.11 Å². The third-order valence-electron chi connectivity index (χ3n) is 1.85. The lowest BCUT2D eigenvalue weighted by atomic mass is 10.3. The number of carboxylic acids is 1. The third kappa shape index (κ3) is 2.14. The molecular weight excluding hydrogens is 194 g/mol. The number of carboxylic acid groups (broad SMARTS) is 1. The number of hydrogen-bond acceptors (Lipinski definition) is 3. The first kappa shape index (κ1) is 9.26. The summed E-state index contributed by atoms with van der Waals surface area (Å²) in [5, 5.41) is 12.5. The number of para-hydroxylation sites is 1. The Morgan fingerprint density at radius 1 is 1.33 bits per heavy atom. The summed E-state index contributed by atoms with van der Waals surface area (Å²) < 4.78 is 0. The van der Waals surface area contributed by atoms with Crippen molar-refractivity contribution in [1.82, 2.24) is 9.89 Å². The largest absolute Gasteiger partial charge is 0.478 e. The van der Waals surface area contributed by atoms with E-state index in [-0.39, 0.29) is 5.56 Å². The number of benzene rings is 1. The molecule has 5 nitrogen and oxygen atoms in total. The van der Waals surface area contributed by atoms with Gasteiger partial charge in [0.05, 0.1) is 23.6 Å². The molecule has 0 radical (unpaired) electrons. The van der Waals surface area contributed by atoms with Crippen molar-refractivity contribution in [3.05, 3.63) is 48.3 Å². The van der Waals surface area contributed by atoms with Gasteiger partial charge in [-0.2, -0.15) is 9.89 Å². The van der Waals surface area contributed by atoms with E-state index in [9.17, 15) is 4.79 Å². The molecule has 2 aromatic rings. The van der Waals surface area contributed by atoms with Crippen molar-refractivity contribution in [1.29, 1.82) is 0 Å². The molecule has 2 rings (SSSR count).